The molecule has 1 saturated heterocycles. The largest absolute Gasteiger partial charge is 0.337 e. The minimum absolute atomic E-state index is 0.000230. The van der Waals surface area contributed by atoms with E-state index in [0.717, 1.165) is 37.3 Å². The van der Waals surface area contributed by atoms with Crippen molar-refractivity contribution in [2.75, 3.05) is 31.5 Å². The molecule has 2 aromatic rings. The molecule has 29 heavy (non-hydrogen) atoms. The number of amides is 2. The lowest BCUT2D eigenvalue weighted by Crippen LogP contribution is -2.34. The molecule has 0 saturated carbocycles. The van der Waals surface area contributed by atoms with Crippen molar-refractivity contribution in [2.45, 2.75) is 39.5 Å². The molecular formula is C22H31N5O2. The lowest BCUT2D eigenvalue weighted by Gasteiger charge is -2.20. The van der Waals surface area contributed by atoms with Gasteiger partial charge in [0.25, 0.3) is 11.8 Å². The summed E-state index contributed by atoms with van der Waals surface area (Å²) in [5, 5.41) is 10.7. The van der Waals surface area contributed by atoms with Crippen molar-refractivity contribution >= 4 is 17.5 Å². The average molecular weight is 398 g/mol. The number of aryl methyl sites for hydroxylation is 2. The van der Waals surface area contributed by atoms with Gasteiger partial charge >= 0.3 is 0 Å². The highest BCUT2D eigenvalue weighted by atomic mass is 16.2. The fourth-order valence-corrected chi connectivity index (χ4v) is 3.35. The summed E-state index contributed by atoms with van der Waals surface area (Å²) in [5.41, 5.74) is 3.36. The summed E-state index contributed by atoms with van der Waals surface area (Å²) in [5.74, 6) is -0.234. The van der Waals surface area contributed by atoms with Crippen molar-refractivity contribution in [1.29, 1.82) is 0 Å². The Hall–Kier alpha value is -2.67. The van der Waals surface area contributed by atoms with Crippen LogP contribution in [0.4, 0.5) is 5.69 Å². The third kappa shape index (κ3) is 4.85. The Balaban J connectivity index is 1.81. The van der Waals surface area contributed by atoms with Crippen LogP contribution >= 0.6 is 0 Å². The van der Waals surface area contributed by atoms with E-state index in [2.05, 4.69) is 36.5 Å². The van der Waals surface area contributed by atoms with Crippen LogP contribution in [0.5, 0.6) is 0 Å². The maximum atomic E-state index is 12.9. The van der Waals surface area contributed by atoms with E-state index in [9.17, 15) is 9.59 Å². The normalized spacial score (nSPS) is 15.1. The predicted octanol–water partition coefficient (Wildman–Crippen LogP) is 2.71. The molecule has 156 valence electrons. The number of anilines is 1. The summed E-state index contributed by atoms with van der Waals surface area (Å²) in [6, 6.07) is 7.30. The first-order valence-electron chi connectivity index (χ1n) is 10.1. The van der Waals surface area contributed by atoms with Crippen molar-refractivity contribution in [2.24, 2.45) is 7.05 Å². The van der Waals surface area contributed by atoms with Crippen LogP contribution in [0.3, 0.4) is 0 Å². The van der Waals surface area contributed by atoms with E-state index in [1.165, 1.54) is 0 Å². The van der Waals surface area contributed by atoms with Crippen LogP contribution in [0.25, 0.3) is 0 Å². The molecule has 1 aliphatic heterocycles. The molecule has 2 heterocycles. The summed E-state index contributed by atoms with van der Waals surface area (Å²) in [7, 11) is 1.77. The third-order valence-electron chi connectivity index (χ3n) is 5.24. The van der Waals surface area contributed by atoms with E-state index in [1.54, 1.807) is 17.8 Å². The van der Waals surface area contributed by atoms with Crippen molar-refractivity contribution in [3.63, 3.8) is 0 Å². The lowest BCUT2D eigenvalue weighted by molar-refractivity contribution is 0.0766. The highest BCUT2D eigenvalue weighted by Crippen LogP contribution is 2.23. The molecule has 1 aromatic carbocycles. The Kier molecular flexibility index (Phi) is 6.07. The summed E-state index contributed by atoms with van der Waals surface area (Å²) in [6.45, 7) is 11.3. The average Bonchev–Trinajstić information content (AvgIpc) is 2.88. The quantitative estimate of drug-likeness (QED) is 0.835. The number of aromatic nitrogens is 2. The maximum Gasteiger partial charge on any atom is 0.273 e. The number of carbonyl (C=O) groups is 2. The van der Waals surface area contributed by atoms with Gasteiger partial charge in [0.2, 0.25) is 0 Å². The molecule has 3 rings (SSSR count). The molecule has 0 bridgehead atoms. The van der Waals surface area contributed by atoms with Crippen LogP contribution in [0.15, 0.2) is 24.3 Å². The lowest BCUT2D eigenvalue weighted by atomic mass is 9.92. The number of rotatable bonds is 3. The molecule has 7 nitrogen and oxygen atoms in total. The second-order valence-corrected chi connectivity index (χ2v) is 8.67. The number of hydrogen-bond acceptors (Lipinski definition) is 4. The number of nitrogens with zero attached hydrogens (tertiary/aromatic N) is 3. The fourth-order valence-electron chi connectivity index (χ4n) is 3.35. The van der Waals surface area contributed by atoms with Gasteiger partial charge in [0.15, 0.2) is 0 Å². The van der Waals surface area contributed by atoms with Crippen LogP contribution in [0.2, 0.25) is 0 Å². The van der Waals surface area contributed by atoms with Gasteiger partial charge in [0, 0.05) is 43.3 Å². The van der Waals surface area contributed by atoms with Gasteiger partial charge in [-0.2, -0.15) is 5.10 Å². The van der Waals surface area contributed by atoms with Gasteiger partial charge in [-0.05, 0) is 43.7 Å². The molecule has 1 fully saturated rings. The van der Waals surface area contributed by atoms with Gasteiger partial charge in [-0.1, -0.05) is 26.8 Å². The van der Waals surface area contributed by atoms with Gasteiger partial charge in [0.05, 0.1) is 5.69 Å². The van der Waals surface area contributed by atoms with Gasteiger partial charge in [-0.15, -0.1) is 0 Å². The van der Waals surface area contributed by atoms with E-state index in [0.29, 0.717) is 23.5 Å². The second-order valence-electron chi connectivity index (χ2n) is 8.67. The first-order valence-corrected chi connectivity index (χ1v) is 10.1. The molecule has 0 radical (unpaired) electrons. The van der Waals surface area contributed by atoms with E-state index >= 15 is 0 Å². The van der Waals surface area contributed by atoms with Gasteiger partial charge in [-0.25, -0.2) is 0 Å². The highest BCUT2D eigenvalue weighted by Gasteiger charge is 2.23. The Morgan fingerprint density at radius 3 is 2.59 bits per heavy atom. The molecular weight excluding hydrogens is 366 g/mol. The third-order valence-corrected chi connectivity index (χ3v) is 5.24. The summed E-state index contributed by atoms with van der Waals surface area (Å²) < 4.78 is 1.60. The van der Waals surface area contributed by atoms with Gasteiger partial charge in [0.1, 0.15) is 5.69 Å². The van der Waals surface area contributed by atoms with Gasteiger partial charge in [-0.3, -0.25) is 14.3 Å². The van der Waals surface area contributed by atoms with Gasteiger partial charge < -0.3 is 15.5 Å². The van der Waals surface area contributed by atoms with E-state index in [-0.39, 0.29) is 17.2 Å². The number of hydrogen-bond donors (Lipinski definition) is 2. The first-order chi connectivity index (χ1) is 13.7. The highest BCUT2D eigenvalue weighted by molar-refractivity contribution is 6.04. The van der Waals surface area contributed by atoms with E-state index < -0.39 is 0 Å². The summed E-state index contributed by atoms with van der Waals surface area (Å²) >= 11 is 0. The Bertz CT molecular complexity index is 902. The van der Waals surface area contributed by atoms with E-state index in [4.69, 9.17) is 0 Å². The molecule has 0 atom stereocenters. The fraction of sp³-hybridized carbons (Fsp3) is 0.500. The molecule has 1 aliphatic rings. The second kappa shape index (κ2) is 8.37. The zero-order chi connectivity index (χ0) is 21.2. The van der Waals surface area contributed by atoms with Crippen molar-refractivity contribution in [3.8, 4) is 0 Å². The zero-order valence-corrected chi connectivity index (χ0v) is 18.0. The number of nitrogens with one attached hydrogen (secondary N) is 2. The molecule has 0 unspecified atom stereocenters. The van der Waals surface area contributed by atoms with Crippen LogP contribution in [-0.2, 0) is 12.5 Å². The maximum absolute atomic E-state index is 12.9. The SMILES string of the molecule is Cc1ccc(C(=O)N2CCCNCC2)cc1NC(=O)c1cc(C(C)(C)C)nn1C. The van der Waals surface area contributed by atoms with Crippen LogP contribution in [0, 0.1) is 6.92 Å². The predicted molar refractivity (Wildman–Crippen MR) is 114 cm³/mol. The smallest absolute Gasteiger partial charge is 0.273 e. The zero-order valence-electron chi connectivity index (χ0n) is 18.0. The standard InChI is InChI=1S/C22H31N5O2/c1-15-7-8-16(21(29)27-11-6-9-23-10-12-27)13-17(15)24-20(28)18-14-19(22(2,3)4)25-26(18)5/h7-8,13-14,23H,6,9-12H2,1-5H3,(H,24,28). The molecule has 0 aliphatic carbocycles. The molecule has 2 amide bonds. The van der Waals surface area contributed by atoms with Crippen LogP contribution < -0.4 is 10.6 Å². The van der Waals surface area contributed by atoms with Crippen molar-refractivity contribution in [3.05, 3.63) is 46.8 Å². The molecule has 0 spiro atoms. The Morgan fingerprint density at radius 2 is 1.90 bits per heavy atom. The molecule has 2 N–H and O–H groups in total. The Labute approximate surface area is 172 Å². The summed E-state index contributed by atoms with van der Waals surface area (Å²) in [6.07, 6.45) is 0.942. The molecule has 1 aromatic heterocycles. The van der Waals surface area contributed by atoms with E-state index in [1.807, 2.05) is 30.0 Å². The van der Waals surface area contributed by atoms with Crippen molar-refractivity contribution in [1.82, 2.24) is 20.0 Å². The van der Waals surface area contributed by atoms with Crippen molar-refractivity contribution < 1.29 is 9.59 Å². The first kappa shape index (κ1) is 21.0. The topological polar surface area (TPSA) is 79.3 Å². The monoisotopic (exact) mass is 397 g/mol. The molecule has 7 heteroatoms. The summed E-state index contributed by atoms with van der Waals surface area (Å²) in [4.78, 5) is 27.7. The van der Waals surface area contributed by atoms with Crippen LogP contribution in [0.1, 0.15) is 59.3 Å². The number of carbonyl (C=O) groups excluding carboxylic acids is 2. The van der Waals surface area contributed by atoms with Crippen LogP contribution in [-0.4, -0.2) is 52.7 Å². The number of benzene rings is 1. The Morgan fingerprint density at radius 1 is 1.14 bits per heavy atom. The minimum Gasteiger partial charge on any atom is -0.337 e. The minimum atomic E-state index is -0.234.